The summed E-state index contributed by atoms with van der Waals surface area (Å²) in [6, 6.07) is 3.80. The number of nitrogens with zero attached hydrogens (tertiary/aromatic N) is 2. The molecule has 19 heavy (non-hydrogen) atoms. The average molecular weight is 281 g/mol. The van der Waals surface area contributed by atoms with Gasteiger partial charge in [-0.25, -0.2) is 4.98 Å². The Labute approximate surface area is 120 Å². The number of hydrogen-bond donors (Lipinski definition) is 0. The fourth-order valence-corrected chi connectivity index (χ4v) is 2.88. The van der Waals surface area contributed by atoms with Crippen LogP contribution in [0.25, 0.3) is 0 Å². The third-order valence-electron chi connectivity index (χ3n) is 3.56. The van der Waals surface area contributed by atoms with E-state index in [0.29, 0.717) is 22.7 Å². The first-order valence-corrected chi connectivity index (χ1v) is 7.38. The second kappa shape index (κ2) is 6.38. The second-order valence-corrected chi connectivity index (χ2v) is 6.04. The first-order chi connectivity index (χ1) is 9.08. The molecule has 0 radical (unpaired) electrons. The van der Waals surface area contributed by atoms with Gasteiger partial charge in [0.2, 0.25) is 0 Å². The normalized spacial score (nSPS) is 16.0. The Morgan fingerprint density at radius 2 is 2.16 bits per heavy atom. The maximum atomic E-state index is 12.7. The fourth-order valence-electron chi connectivity index (χ4n) is 2.71. The highest BCUT2D eigenvalue weighted by atomic mass is 35.5. The van der Waals surface area contributed by atoms with Gasteiger partial charge in [0.1, 0.15) is 5.15 Å². The van der Waals surface area contributed by atoms with Gasteiger partial charge < -0.3 is 4.90 Å². The second-order valence-electron chi connectivity index (χ2n) is 5.66. The van der Waals surface area contributed by atoms with Crippen LogP contribution in [0.2, 0.25) is 5.15 Å². The summed E-state index contributed by atoms with van der Waals surface area (Å²) in [6.07, 6.45) is 6.29. The van der Waals surface area contributed by atoms with Crippen LogP contribution in [0.4, 0.5) is 0 Å². The number of rotatable bonds is 4. The van der Waals surface area contributed by atoms with Gasteiger partial charge in [0, 0.05) is 24.3 Å². The maximum Gasteiger partial charge on any atom is 0.254 e. The molecule has 1 aromatic rings. The number of pyridine rings is 1. The molecule has 1 heterocycles. The Balaban J connectivity index is 2.19. The van der Waals surface area contributed by atoms with Crippen LogP contribution >= 0.6 is 11.6 Å². The molecule has 4 heteroatoms. The van der Waals surface area contributed by atoms with Gasteiger partial charge in [-0.05, 0) is 30.9 Å². The van der Waals surface area contributed by atoms with Crippen LogP contribution in [0.15, 0.2) is 18.3 Å². The van der Waals surface area contributed by atoms with E-state index in [0.717, 1.165) is 19.4 Å². The number of halogens is 1. The summed E-state index contributed by atoms with van der Waals surface area (Å²) in [5, 5.41) is 0.377. The molecule has 1 aliphatic carbocycles. The molecule has 1 aliphatic rings. The van der Waals surface area contributed by atoms with Crippen molar-refractivity contribution in [2.45, 2.75) is 45.6 Å². The van der Waals surface area contributed by atoms with E-state index in [2.05, 4.69) is 18.8 Å². The van der Waals surface area contributed by atoms with E-state index >= 15 is 0 Å². The SMILES string of the molecule is CC(C)CN(C(=O)c1ccnc(Cl)c1)C1CCCC1. The molecule has 0 aliphatic heterocycles. The minimum atomic E-state index is 0.0879. The molecule has 1 fully saturated rings. The summed E-state index contributed by atoms with van der Waals surface area (Å²) >= 11 is 5.88. The topological polar surface area (TPSA) is 33.2 Å². The van der Waals surface area contributed by atoms with Crippen LogP contribution in [0.5, 0.6) is 0 Å². The first-order valence-electron chi connectivity index (χ1n) is 7.00. The monoisotopic (exact) mass is 280 g/mol. The van der Waals surface area contributed by atoms with Crippen molar-refractivity contribution in [2.24, 2.45) is 5.92 Å². The van der Waals surface area contributed by atoms with E-state index < -0.39 is 0 Å². The highest BCUT2D eigenvalue weighted by molar-refractivity contribution is 6.29. The Bertz CT molecular complexity index is 442. The minimum Gasteiger partial charge on any atom is -0.335 e. The average Bonchev–Trinajstić information content (AvgIpc) is 2.88. The van der Waals surface area contributed by atoms with E-state index in [4.69, 9.17) is 11.6 Å². The van der Waals surface area contributed by atoms with Crippen molar-refractivity contribution >= 4 is 17.5 Å². The van der Waals surface area contributed by atoms with Gasteiger partial charge in [-0.15, -0.1) is 0 Å². The van der Waals surface area contributed by atoms with E-state index in [-0.39, 0.29) is 5.91 Å². The molecule has 1 amide bonds. The largest absolute Gasteiger partial charge is 0.335 e. The number of hydrogen-bond acceptors (Lipinski definition) is 2. The Hall–Kier alpha value is -1.09. The smallest absolute Gasteiger partial charge is 0.254 e. The minimum absolute atomic E-state index is 0.0879. The van der Waals surface area contributed by atoms with Gasteiger partial charge in [-0.1, -0.05) is 38.3 Å². The molecule has 0 spiro atoms. The van der Waals surface area contributed by atoms with E-state index in [1.165, 1.54) is 12.8 Å². The van der Waals surface area contributed by atoms with Gasteiger partial charge >= 0.3 is 0 Å². The lowest BCUT2D eigenvalue weighted by molar-refractivity contribution is 0.0655. The summed E-state index contributed by atoms with van der Waals surface area (Å²) in [4.78, 5) is 18.6. The van der Waals surface area contributed by atoms with Crippen molar-refractivity contribution in [1.82, 2.24) is 9.88 Å². The van der Waals surface area contributed by atoms with E-state index in [1.807, 2.05) is 4.90 Å². The van der Waals surface area contributed by atoms with Crippen LogP contribution in [0.3, 0.4) is 0 Å². The fraction of sp³-hybridized carbons (Fsp3) is 0.600. The molecule has 0 aromatic carbocycles. The summed E-state index contributed by atoms with van der Waals surface area (Å²) < 4.78 is 0. The molecule has 1 saturated carbocycles. The molecular formula is C15H21ClN2O. The van der Waals surface area contributed by atoms with Crippen molar-refractivity contribution in [2.75, 3.05) is 6.54 Å². The zero-order valence-corrected chi connectivity index (χ0v) is 12.4. The van der Waals surface area contributed by atoms with Crippen molar-refractivity contribution < 1.29 is 4.79 Å². The molecule has 0 N–H and O–H groups in total. The molecule has 0 unspecified atom stereocenters. The lowest BCUT2D eigenvalue weighted by atomic mass is 10.1. The molecule has 2 rings (SSSR count). The summed E-state index contributed by atoms with van der Waals surface area (Å²) in [5.74, 6) is 0.562. The zero-order valence-electron chi connectivity index (χ0n) is 11.6. The molecule has 1 aromatic heterocycles. The predicted octanol–water partition coefficient (Wildman–Crippen LogP) is 3.78. The van der Waals surface area contributed by atoms with Crippen LogP contribution in [-0.4, -0.2) is 28.4 Å². The molecule has 3 nitrogen and oxygen atoms in total. The van der Waals surface area contributed by atoms with Crippen molar-refractivity contribution in [3.63, 3.8) is 0 Å². The Morgan fingerprint density at radius 3 is 2.74 bits per heavy atom. The van der Waals surface area contributed by atoms with Gasteiger partial charge in [0.05, 0.1) is 0 Å². The number of carbonyl (C=O) groups excluding carboxylic acids is 1. The Kier molecular flexibility index (Phi) is 4.81. The Morgan fingerprint density at radius 1 is 1.47 bits per heavy atom. The lowest BCUT2D eigenvalue weighted by Crippen LogP contribution is -2.41. The zero-order chi connectivity index (χ0) is 13.8. The van der Waals surface area contributed by atoms with Gasteiger partial charge in [-0.3, -0.25) is 4.79 Å². The number of aromatic nitrogens is 1. The van der Waals surface area contributed by atoms with Crippen LogP contribution in [0, 0.1) is 5.92 Å². The first kappa shape index (κ1) is 14.3. The molecular weight excluding hydrogens is 260 g/mol. The predicted molar refractivity (Wildman–Crippen MR) is 77.4 cm³/mol. The summed E-state index contributed by atoms with van der Waals surface area (Å²) in [7, 11) is 0. The standard InChI is InChI=1S/C15H21ClN2O/c1-11(2)10-18(13-5-3-4-6-13)15(19)12-7-8-17-14(16)9-12/h7-9,11,13H,3-6,10H2,1-2H3. The third kappa shape index (κ3) is 3.69. The maximum absolute atomic E-state index is 12.7. The highest BCUT2D eigenvalue weighted by Crippen LogP contribution is 2.26. The lowest BCUT2D eigenvalue weighted by Gasteiger charge is -2.30. The number of amides is 1. The van der Waals surface area contributed by atoms with Gasteiger partial charge in [0.15, 0.2) is 0 Å². The van der Waals surface area contributed by atoms with Crippen LogP contribution in [0.1, 0.15) is 49.9 Å². The van der Waals surface area contributed by atoms with Crippen molar-refractivity contribution in [3.8, 4) is 0 Å². The summed E-state index contributed by atoms with van der Waals surface area (Å²) in [6.45, 7) is 5.10. The van der Waals surface area contributed by atoms with Crippen molar-refractivity contribution in [3.05, 3.63) is 29.0 Å². The van der Waals surface area contributed by atoms with Crippen LogP contribution < -0.4 is 0 Å². The third-order valence-corrected chi connectivity index (χ3v) is 3.77. The number of carbonyl (C=O) groups is 1. The van der Waals surface area contributed by atoms with Crippen LogP contribution in [-0.2, 0) is 0 Å². The highest BCUT2D eigenvalue weighted by Gasteiger charge is 2.27. The van der Waals surface area contributed by atoms with E-state index in [1.54, 1.807) is 18.3 Å². The molecule has 0 bridgehead atoms. The van der Waals surface area contributed by atoms with Gasteiger partial charge in [0.25, 0.3) is 5.91 Å². The summed E-state index contributed by atoms with van der Waals surface area (Å²) in [5.41, 5.74) is 0.646. The molecule has 0 saturated heterocycles. The quantitative estimate of drug-likeness (QED) is 0.787. The molecule has 0 atom stereocenters. The van der Waals surface area contributed by atoms with Crippen molar-refractivity contribution in [1.29, 1.82) is 0 Å². The van der Waals surface area contributed by atoms with Gasteiger partial charge in [-0.2, -0.15) is 0 Å². The van der Waals surface area contributed by atoms with E-state index in [9.17, 15) is 4.79 Å². The molecule has 104 valence electrons.